The Morgan fingerprint density at radius 1 is 1.29 bits per heavy atom. The molecule has 1 N–H and O–H groups in total. The van der Waals surface area contributed by atoms with E-state index in [0.29, 0.717) is 5.56 Å². The van der Waals surface area contributed by atoms with Gasteiger partial charge >= 0.3 is 0 Å². The second-order valence-corrected chi connectivity index (χ2v) is 4.28. The fourth-order valence-corrected chi connectivity index (χ4v) is 1.99. The molecular formula is C14H21NO2. The van der Waals surface area contributed by atoms with Crippen molar-refractivity contribution in [1.82, 2.24) is 4.90 Å². The molecule has 1 aromatic rings. The monoisotopic (exact) mass is 235 g/mol. The molecule has 0 saturated carbocycles. The Labute approximate surface area is 103 Å². The van der Waals surface area contributed by atoms with Gasteiger partial charge in [-0.1, -0.05) is 32.0 Å². The molecule has 0 aliphatic carbocycles. The van der Waals surface area contributed by atoms with Crippen LogP contribution in [0.15, 0.2) is 24.3 Å². The van der Waals surface area contributed by atoms with Gasteiger partial charge in [-0.3, -0.25) is 4.79 Å². The maximum Gasteiger partial charge on any atom is 0.227 e. The molecule has 0 fully saturated rings. The predicted molar refractivity (Wildman–Crippen MR) is 69.0 cm³/mol. The molecule has 0 spiro atoms. The van der Waals surface area contributed by atoms with E-state index in [-0.39, 0.29) is 24.1 Å². The van der Waals surface area contributed by atoms with Gasteiger partial charge in [0.1, 0.15) is 5.75 Å². The number of phenols is 1. The van der Waals surface area contributed by atoms with Crippen LogP contribution in [0.25, 0.3) is 0 Å². The Hall–Kier alpha value is -1.51. The summed E-state index contributed by atoms with van der Waals surface area (Å²) in [6.45, 7) is 4.16. The van der Waals surface area contributed by atoms with E-state index >= 15 is 0 Å². The van der Waals surface area contributed by atoms with Crippen LogP contribution >= 0.6 is 0 Å². The average molecular weight is 235 g/mol. The second-order valence-electron chi connectivity index (χ2n) is 4.28. The summed E-state index contributed by atoms with van der Waals surface area (Å²) in [5.41, 5.74) is 0.690. The second kappa shape index (κ2) is 6.28. The lowest BCUT2D eigenvalue weighted by atomic mass is 10.1. The van der Waals surface area contributed by atoms with E-state index < -0.39 is 0 Å². The number of benzene rings is 1. The van der Waals surface area contributed by atoms with Crippen LogP contribution in [-0.4, -0.2) is 29.0 Å². The normalized spacial score (nSPS) is 10.6. The summed E-state index contributed by atoms with van der Waals surface area (Å²) in [5, 5.41) is 9.62. The zero-order valence-electron chi connectivity index (χ0n) is 10.8. The molecule has 0 unspecified atom stereocenters. The maximum absolute atomic E-state index is 12.0. The van der Waals surface area contributed by atoms with Gasteiger partial charge in [0.25, 0.3) is 0 Å². The first-order valence-electron chi connectivity index (χ1n) is 6.12. The van der Waals surface area contributed by atoms with Crippen LogP contribution in [0.2, 0.25) is 0 Å². The highest BCUT2D eigenvalue weighted by atomic mass is 16.3. The Morgan fingerprint density at radius 2 is 1.88 bits per heavy atom. The molecule has 0 aliphatic heterocycles. The van der Waals surface area contributed by atoms with Gasteiger partial charge in [-0.05, 0) is 18.9 Å². The first kappa shape index (κ1) is 13.6. The largest absolute Gasteiger partial charge is 0.508 e. The standard InChI is InChI=1S/C14H21NO2/c1-4-12(5-2)15(3)14(17)10-11-8-6-7-9-13(11)16/h6-9,12,16H,4-5,10H2,1-3H3. The molecule has 0 radical (unpaired) electrons. The summed E-state index contributed by atoms with van der Waals surface area (Å²) in [4.78, 5) is 13.8. The van der Waals surface area contributed by atoms with Crippen LogP contribution in [0.4, 0.5) is 0 Å². The third kappa shape index (κ3) is 3.48. The Balaban J connectivity index is 2.69. The van der Waals surface area contributed by atoms with Gasteiger partial charge in [0.2, 0.25) is 5.91 Å². The van der Waals surface area contributed by atoms with Crippen molar-refractivity contribution >= 4 is 5.91 Å². The summed E-state index contributed by atoms with van der Waals surface area (Å²) in [5.74, 6) is 0.249. The Morgan fingerprint density at radius 3 is 2.41 bits per heavy atom. The average Bonchev–Trinajstić information content (AvgIpc) is 2.33. The number of likely N-dealkylation sites (N-methyl/N-ethyl adjacent to an activating group) is 1. The SMILES string of the molecule is CCC(CC)N(C)C(=O)Cc1ccccc1O. The lowest BCUT2D eigenvalue weighted by molar-refractivity contribution is -0.131. The minimum atomic E-state index is 0.0557. The van der Waals surface area contributed by atoms with Crippen molar-refractivity contribution in [2.24, 2.45) is 0 Å². The molecule has 0 heterocycles. The van der Waals surface area contributed by atoms with Crippen molar-refractivity contribution in [2.75, 3.05) is 7.05 Å². The third-order valence-electron chi connectivity index (χ3n) is 3.22. The summed E-state index contributed by atoms with van der Waals surface area (Å²) < 4.78 is 0. The lowest BCUT2D eigenvalue weighted by Gasteiger charge is -2.26. The molecule has 0 aliphatic rings. The van der Waals surface area contributed by atoms with Gasteiger partial charge in [-0.25, -0.2) is 0 Å². The highest BCUT2D eigenvalue weighted by Crippen LogP contribution is 2.17. The number of amides is 1. The molecule has 3 nitrogen and oxygen atoms in total. The van der Waals surface area contributed by atoms with E-state index in [1.54, 1.807) is 23.1 Å². The number of phenolic OH excluding ortho intramolecular Hbond substituents is 1. The quantitative estimate of drug-likeness (QED) is 0.852. The smallest absolute Gasteiger partial charge is 0.227 e. The number of carbonyl (C=O) groups excluding carboxylic acids is 1. The first-order valence-corrected chi connectivity index (χ1v) is 6.12. The van der Waals surface area contributed by atoms with Crippen LogP contribution < -0.4 is 0 Å². The number of aromatic hydroxyl groups is 1. The van der Waals surface area contributed by atoms with Crippen LogP contribution in [0.3, 0.4) is 0 Å². The molecule has 1 aromatic carbocycles. The number of carbonyl (C=O) groups is 1. The molecule has 1 amide bonds. The van der Waals surface area contributed by atoms with Crippen LogP contribution in [0.1, 0.15) is 32.3 Å². The fourth-order valence-electron chi connectivity index (χ4n) is 1.99. The third-order valence-corrected chi connectivity index (χ3v) is 3.22. The predicted octanol–water partition coefficient (Wildman–Crippen LogP) is 2.58. The van der Waals surface area contributed by atoms with E-state index in [9.17, 15) is 9.90 Å². The first-order chi connectivity index (χ1) is 8.10. The van der Waals surface area contributed by atoms with Crippen molar-refractivity contribution in [3.63, 3.8) is 0 Å². The molecule has 3 heteroatoms. The van der Waals surface area contributed by atoms with Crippen molar-refractivity contribution in [1.29, 1.82) is 0 Å². The molecule has 0 bridgehead atoms. The summed E-state index contributed by atoms with van der Waals surface area (Å²) in [7, 11) is 1.83. The molecule has 0 atom stereocenters. The number of rotatable bonds is 5. The summed E-state index contributed by atoms with van der Waals surface area (Å²) in [6, 6.07) is 7.27. The van der Waals surface area contributed by atoms with Crippen molar-refractivity contribution in [2.45, 2.75) is 39.2 Å². The highest BCUT2D eigenvalue weighted by Gasteiger charge is 2.17. The van der Waals surface area contributed by atoms with Gasteiger partial charge in [0.05, 0.1) is 6.42 Å². The minimum absolute atomic E-state index is 0.0557. The molecule has 0 aromatic heterocycles. The van der Waals surface area contributed by atoms with Gasteiger partial charge < -0.3 is 10.0 Å². The van der Waals surface area contributed by atoms with E-state index in [4.69, 9.17) is 0 Å². The number of para-hydroxylation sites is 1. The van der Waals surface area contributed by atoms with Gasteiger partial charge in [-0.2, -0.15) is 0 Å². The number of hydrogen-bond acceptors (Lipinski definition) is 2. The molecule has 0 saturated heterocycles. The molecule has 94 valence electrons. The molecule has 17 heavy (non-hydrogen) atoms. The van der Waals surface area contributed by atoms with E-state index in [1.807, 2.05) is 13.1 Å². The lowest BCUT2D eigenvalue weighted by Crippen LogP contribution is -2.37. The van der Waals surface area contributed by atoms with E-state index in [0.717, 1.165) is 12.8 Å². The van der Waals surface area contributed by atoms with Gasteiger partial charge in [-0.15, -0.1) is 0 Å². The minimum Gasteiger partial charge on any atom is -0.508 e. The van der Waals surface area contributed by atoms with Crippen LogP contribution in [0, 0.1) is 0 Å². The van der Waals surface area contributed by atoms with Crippen molar-refractivity contribution in [3.8, 4) is 5.75 Å². The van der Waals surface area contributed by atoms with Crippen LogP contribution in [0.5, 0.6) is 5.75 Å². The number of hydrogen-bond donors (Lipinski definition) is 1. The van der Waals surface area contributed by atoms with E-state index in [1.165, 1.54) is 0 Å². The summed E-state index contributed by atoms with van der Waals surface area (Å²) in [6.07, 6.45) is 2.18. The Bertz CT molecular complexity index is 372. The summed E-state index contributed by atoms with van der Waals surface area (Å²) >= 11 is 0. The maximum atomic E-state index is 12.0. The number of nitrogens with zero attached hydrogens (tertiary/aromatic N) is 1. The van der Waals surface area contributed by atoms with Crippen LogP contribution in [-0.2, 0) is 11.2 Å². The highest BCUT2D eigenvalue weighted by molar-refractivity contribution is 5.79. The van der Waals surface area contributed by atoms with Gasteiger partial charge in [0, 0.05) is 18.7 Å². The fraction of sp³-hybridized carbons (Fsp3) is 0.500. The van der Waals surface area contributed by atoms with Crippen molar-refractivity contribution < 1.29 is 9.90 Å². The topological polar surface area (TPSA) is 40.5 Å². The zero-order chi connectivity index (χ0) is 12.8. The zero-order valence-corrected chi connectivity index (χ0v) is 10.8. The van der Waals surface area contributed by atoms with Gasteiger partial charge in [0.15, 0.2) is 0 Å². The Kier molecular flexibility index (Phi) is 5.01. The molecule has 1 rings (SSSR count). The van der Waals surface area contributed by atoms with E-state index in [2.05, 4.69) is 13.8 Å². The molecular weight excluding hydrogens is 214 g/mol. The van der Waals surface area contributed by atoms with Crippen molar-refractivity contribution in [3.05, 3.63) is 29.8 Å².